The maximum absolute atomic E-state index is 14.0. The molecule has 180 valence electrons. The van der Waals surface area contributed by atoms with E-state index in [-0.39, 0.29) is 24.4 Å². The molecule has 1 aromatic rings. The molecular formula is C27H38N2O4. The Morgan fingerprint density at radius 2 is 1.82 bits per heavy atom. The van der Waals surface area contributed by atoms with Gasteiger partial charge in [-0.25, -0.2) is 0 Å². The second-order valence-electron chi connectivity index (χ2n) is 9.81. The van der Waals surface area contributed by atoms with E-state index in [1.807, 2.05) is 23.1 Å². The normalized spacial score (nSPS) is 26.3. The number of carbonyl (C=O) groups excluding carboxylic acids is 2. The molecule has 1 aromatic carbocycles. The fourth-order valence-corrected chi connectivity index (χ4v) is 5.69. The number of methoxy groups -OCH3 is 2. The van der Waals surface area contributed by atoms with Gasteiger partial charge < -0.3 is 19.3 Å². The van der Waals surface area contributed by atoms with Crippen molar-refractivity contribution in [3.8, 4) is 11.5 Å². The molecule has 0 N–H and O–H groups in total. The van der Waals surface area contributed by atoms with Gasteiger partial charge in [-0.15, -0.1) is 0 Å². The Bertz CT molecular complexity index is 888. The Kier molecular flexibility index (Phi) is 7.61. The number of rotatable bonds is 7. The third kappa shape index (κ3) is 5.04. The van der Waals surface area contributed by atoms with Gasteiger partial charge in [0.1, 0.15) is 12.6 Å². The minimum Gasteiger partial charge on any atom is -0.493 e. The summed E-state index contributed by atoms with van der Waals surface area (Å²) >= 11 is 0. The fourth-order valence-electron chi connectivity index (χ4n) is 5.69. The van der Waals surface area contributed by atoms with Gasteiger partial charge in [-0.3, -0.25) is 9.59 Å². The summed E-state index contributed by atoms with van der Waals surface area (Å²) in [6, 6.07) is 5.06. The second-order valence-corrected chi connectivity index (χ2v) is 9.81. The van der Waals surface area contributed by atoms with E-state index in [1.54, 1.807) is 19.1 Å². The third-order valence-corrected chi connectivity index (χ3v) is 7.67. The topological polar surface area (TPSA) is 59.1 Å². The Morgan fingerprint density at radius 3 is 2.48 bits per heavy atom. The van der Waals surface area contributed by atoms with Gasteiger partial charge in [0.15, 0.2) is 11.5 Å². The highest BCUT2D eigenvalue weighted by Crippen LogP contribution is 2.41. The highest BCUT2D eigenvalue weighted by atomic mass is 16.5. The van der Waals surface area contributed by atoms with E-state index in [0.29, 0.717) is 29.5 Å². The minimum absolute atomic E-state index is 0.0123. The summed E-state index contributed by atoms with van der Waals surface area (Å²) in [6.45, 7) is 3.00. The molecule has 33 heavy (non-hydrogen) atoms. The van der Waals surface area contributed by atoms with Crippen LogP contribution in [-0.4, -0.2) is 55.0 Å². The van der Waals surface area contributed by atoms with Crippen molar-refractivity contribution in [2.24, 2.45) is 5.92 Å². The molecule has 2 amide bonds. The maximum Gasteiger partial charge on any atom is 0.250 e. The quantitative estimate of drug-likeness (QED) is 0.551. The Balaban J connectivity index is 1.66. The summed E-state index contributed by atoms with van der Waals surface area (Å²) in [5, 5.41) is 0. The SMILES string of the molecule is COc1cccc([C@@H]2C(=O)N(C3CCC(C)CC3)CC(=O)N2CCC2=CCCCC2)c1OC. The van der Waals surface area contributed by atoms with Gasteiger partial charge in [0.05, 0.1) is 14.2 Å². The number of para-hydroxylation sites is 1. The maximum atomic E-state index is 14.0. The van der Waals surface area contributed by atoms with Gasteiger partial charge in [0.25, 0.3) is 5.91 Å². The van der Waals surface area contributed by atoms with Crippen LogP contribution in [0.2, 0.25) is 0 Å². The number of carbonyl (C=O) groups is 2. The molecular weight excluding hydrogens is 416 g/mol. The van der Waals surface area contributed by atoms with Crippen LogP contribution in [0.15, 0.2) is 29.8 Å². The predicted octanol–water partition coefficient (Wildman–Crippen LogP) is 4.88. The first-order valence-corrected chi connectivity index (χ1v) is 12.5. The van der Waals surface area contributed by atoms with Crippen LogP contribution in [0.4, 0.5) is 0 Å². The van der Waals surface area contributed by atoms with E-state index in [0.717, 1.165) is 44.9 Å². The largest absolute Gasteiger partial charge is 0.493 e. The lowest BCUT2D eigenvalue weighted by atomic mass is 9.85. The van der Waals surface area contributed by atoms with E-state index in [2.05, 4.69) is 13.0 Å². The number of allylic oxidation sites excluding steroid dienone is 1. The molecule has 1 atom stereocenters. The van der Waals surface area contributed by atoms with Crippen LogP contribution in [0.25, 0.3) is 0 Å². The van der Waals surface area contributed by atoms with E-state index >= 15 is 0 Å². The molecule has 4 rings (SSSR count). The third-order valence-electron chi connectivity index (χ3n) is 7.67. The van der Waals surface area contributed by atoms with Gasteiger partial charge in [-0.1, -0.05) is 30.7 Å². The predicted molar refractivity (Wildman–Crippen MR) is 128 cm³/mol. The monoisotopic (exact) mass is 454 g/mol. The lowest BCUT2D eigenvalue weighted by Gasteiger charge is -2.45. The number of ether oxygens (including phenoxy) is 2. The Morgan fingerprint density at radius 1 is 1.03 bits per heavy atom. The first-order chi connectivity index (χ1) is 16.0. The van der Waals surface area contributed by atoms with E-state index in [1.165, 1.54) is 18.4 Å². The van der Waals surface area contributed by atoms with Gasteiger partial charge in [0, 0.05) is 18.2 Å². The van der Waals surface area contributed by atoms with Crippen molar-refractivity contribution in [1.29, 1.82) is 0 Å². The van der Waals surface area contributed by atoms with Crippen LogP contribution in [0.1, 0.15) is 76.3 Å². The van der Waals surface area contributed by atoms with Crippen molar-refractivity contribution < 1.29 is 19.1 Å². The zero-order valence-corrected chi connectivity index (χ0v) is 20.3. The highest BCUT2D eigenvalue weighted by molar-refractivity contribution is 5.96. The summed E-state index contributed by atoms with van der Waals surface area (Å²) in [6.07, 6.45) is 11.9. The van der Waals surface area contributed by atoms with Crippen LogP contribution in [0.5, 0.6) is 11.5 Å². The van der Waals surface area contributed by atoms with E-state index < -0.39 is 6.04 Å². The zero-order chi connectivity index (χ0) is 23.4. The van der Waals surface area contributed by atoms with Crippen molar-refractivity contribution >= 4 is 11.8 Å². The van der Waals surface area contributed by atoms with Crippen molar-refractivity contribution in [2.45, 2.75) is 76.8 Å². The molecule has 1 saturated heterocycles. The number of hydrogen-bond donors (Lipinski definition) is 0. The molecule has 0 radical (unpaired) electrons. The van der Waals surface area contributed by atoms with Crippen LogP contribution in [0, 0.1) is 5.92 Å². The number of hydrogen-bond acceptors (Lipinski definition) is 4. The van der Waals surface area contributed by atoms with Crippen LogP contribution in [-0.2, 0) is 9.59 Å². The molecule has 3 aliphatic rings. The second kappa shape index (κ2) is 10.6. The molecule has 0 bridgehead atoms. The van der Waals surface area contributed by atoms with E-state index in [4.69, 9.17) is 9.47 Å². The first kappa shape index (κ1) is 23.7. The Labute approximate surface area is 197 Å². The number of benzene rings is 1. The smallest absolute Gasteiger partial charge is 0.250 e. The summed E-state index contributed by atoms with van der Waals surface area (Å²) in [7, 11) is 3.19. The van der Waals surface area contributed by atoms with Gasteiger partial charge in [-0.05, 0) is 69.8 Å². The molecule has 6 heteroatoms. The van der Waals surface area contributed by atoms with Crippen molar-refractivity contribution in [1.82, 2.24) is 9.80 Å². The first-order valence-electron chi connectivity index (χ1n) is 12.5. The average Bonchev–Trinajstić information content (AvgIpc) is 2.85. The van der Waals surface area contributed by atoms with Crippen molar-refractivity contribution in [3.05, 3.63) is 35.4 Å². The summed E-state index contributed by atoms with van der Waals surface area (Å²) in [5.41, 5.74) is 2.11. The zero-order valence-electron chi connectivity index (χ0n) is 20.3. The molecule has 1 saturated carbocycles. The molecule has 1 heterocycles. The van der Waals surface area contributed by atoms with Crippen molar-refractivity contribution in [2.75, 3.05) is 27.3 Å². The average molecular weight is 455 g/mol. The number of amides is 2. The molecule has 0 spiro atoms. The number of nitrogens with zero attached hydrogens (tertiary/aromatic N) is 2. The van der Waals surface area contributed by atoms with Crippen LogP contribution in [0.3, 0.4) is 0 Å². The van der Waals surface area contributed by atoms with Crippen LogP contribution < -0.4 is 9.47 Å². The molecule has 6 nitrogen and oxygen atoms in total. The lowest BCUT2D eigenvalue weighted by Crippen LogP contribution is -2.58. The van der Waals surface area contributed by atoms with Gasteiger partial charge in [-0.2, -0.15) is 0 Å². The van der Waals surface area contributed by atoms with Gasteiger partial charge in [0.2, 0.25) is 5.91 Å². The summed E-state index contributed by atoms with van der Waals surface area (Å²) < 4.78 is 11.2. The fraction of sp³-hybridized carbons (Fsp3) is 0.630. The standard InChI is InChI=1S/C27H38N2O4/c1-19-12-14-21(15-13-19)29-18-24(30)28(17-16-20-8-5-4-6-9-20)25(27(29)31)22-10-7-11-23(32-2)26(22)33-3/h7-8,10-11,19,21,25H,4-6,9,12-18H2,1-3H3/t19?,21?,25-/m1/s1. The lowest BCUT2D eigenvalue weighted by molar-refractivity contribution is -0.159. The van der Waals surface area contributed by atoms with E-state index in [9.17, 15) is 9.59 Å². The molecule has 2 aliphatic carbocycles. The minimum atomic E-state index is -0.681. The molecule has 2 fully saturated rings. The van der Waals surface area contributed by atoms with Gasteiger partial charge >= 0.3 is 0 Å². The Hall–Kier alpha value is -2.50. The molecule has 0 aromatic heterocycles. The summed E-state index contributed by atoms with van der Waals surface area (Å²) in [5.74, 6) is 1.84. The molecule has 1 aliphatic heterocycles. The molecule has 0 unspecified atom stereocenters. The number of piperazine rings is 1. The van der Waals surface area contributed by atoms with Crippen LogP contribution >= 0.6 is 0 Å². The summed E-state index contributed by atoms with van der Waals surface area (Å²) in [4.78, 5) is 31.2. The highest BCUT2D eigenvalue weighted by Gasteiger charge is 2.44. The van der Waals surface area contributed by atoms with Crippen molar-refractivity contribution in [3.63, 3.8) is 0 Å².